The van der Waals surface area contributed by atoms with Gasteiger partial charge in [-0.25, -0.2) is 0 Å². The molecule has 0 saturated carbocycles. The summed E-state index contributed by atoms with van der Waals surface area (Å²) >= 11 is 0. The molecule has 17 rings (SSSR count). The second kappa shape index (κ2) is 24.7. The minimum atomic E-state index is -0.307. The molecule has 2 aliphatic heterocycles. The fraction of sp³-hybridized carbons (Fsp3) is 0.122. The molecule has 0 amide bonds. The molecule has 0 fully saturated rings. The van der Waals surface area contributed by atoms with Gasteiger partial charge in [-0.1, -0.05) is 335 Å². The van der Waals surface area contributed by atoms with Crippen molar-refractivity contribution in [1.82, 2.24) is 0 Å². The van der Waals surface area contributed by atoms with E-state index in [-0.39, 0.29) is 23.0 Å². The van der Waals surface area contributed by atoms with Crippen LogP contribution in [0.25, 0.3) is 111 Å². The summed E-state index contributed by atoms with van der Waals surface area (Å²) < 4.78 is 0. The Morgan fingerprint density at radius 3 is 0.851 bits per heavy atom. The first-order valence-electron chi connectivity index (χ1n) is 35.8. The smallest absolute Gasteiger partial charge is 0.252 e. The van der Waals surface area contributed by atoms with Gasteiger partial charge in [-0.2, -0.15) is 0 Å². The highest BCUT2D eigenvalue weighted by molar-refractivity contribution is 7.00. The lowest BCUT2D eigenvalue weighted by atomic mass is 9.33. The van der Waals surface area contributed by atoms with Crippen LogP contribution in [0.15, 0.2) is 328 Å². The normalized spacial score (nSPS) is 12.7. The summed E-state index contributed by atoms with van der Waals surface area (Å²) in [6.07, 6.45) is 0. The molecular weight excluding hydrogens is 1220 g/mol. The SMILES string of the molecule is CC(C)(C)c1cc(-c2ccccc2)c(N2c3cc(-c4ccccc4)ccc3B3c4ccc(-c5ccc6c(-c7ccccc7)c7ccccc7c(-c7ccccc7)c6c5)cc4N(c4c(-c5ccccc5)cc(C(C)(C)C)cc4-c4ccccc4)c4cc(C(C)(C)C)cc2c43)c(-c2ccccc2)c1. The molecule has 0 aliphatic carbocycles. The first-order valence-corrected chi connectivity index (χ1v) is 35.8. The second-order valence-electron chi connectivity index (χ2n) is 30.8. The third kappa shape index (κ3) is 11.1. The van der Waals surface area contributed by atoms with Crippen LogP contribution in [0.5, 0.6) is 0 Å². The van der Waals surface area contributed by atoms with Crippen LogP contribution >= 0.6 is 0 Å². The minimum Gasteiger partial charge on any atom is -0.310 e. The summed E-state index contributed by atoms with van der Waals surface area (Å²) in [5.74, 6) is 0. The summed E-state index contributed by atoms with van der Waals surface area (Å²) in [6, 6.07) is 124. The molecule has 3 heteroatoms. The first-order chi connectivity index (χ1) is 49.0. The Hall–Kier alpha value is -11.5. The van der Waals surface area contributed by atoms with Crippen molar-refractivity contribution in [3.8, 4) is 89.0 Å². The van der Waals surface area contributed by atoms with Gasteiger partial charge >= 0.3 is 0 Å². The summed E-state index contributed by atoms with van der Waals surface area (Å²) in [5.41, 5.74) is 32.8. The van der Waals surface area contributed by atoms with E-state index in [2.05, 4.69) is 400 Å². The van der Waals surface area contributed by atoms with E-state index in [0.717, 1.165) is 45.0 Å². The Labute approximate surface area is 596 Å². The van der Waals surface area contributed by atoms with Gasteiger partial charge in [-0.3, -0.25) is 0 Å². The van der Waals surface area contributed by atoms with Crippen molar-refractivity contribution in [2.75, 3.05) is 9.80 Å². The predicted molar refractivity (Wildman–Crippen MR) is 435 cm³/mol. The monoisotopic (exact) mass is 1300 g/mol. The lowest BCUT2D eigenvalue weighted by Gasteiger charge is -2.47. The van der Waals surface area contributed by atoms with Gasteiger partial charge in [0.25, 0.3) is 6.71 Å². The Kier molecular flexibility index (Phi) is 15.4. The lowest BCUT2D eigenvalue weighted by molar-refractivity contribution is 0.590. The number of hydrogen-bond acceptors (Lipinski definition) is 2. The average molecular weight is 1300 g/mol. The molecule has 0 bridgehead atoms. The molecule has 15 aromatic rings. The highest BCUT2D eigenvalue weighted by Crippen LogP contribution is 2.56. The van der Waals surface area contributed by atoms with Gasteiger partial charge in [0.15, 0.2) is 0 Å². The van der Waals surface area contributed by atoms with Crippen molar-refractivity contribution in [2.24, 2.45) is 0 Å². The second-order valence-corrected chi connectivity index (χ2v) is 30.8. The Morgan fingerprint density at radius 1 is 0.218 bits per heavy atom. The average Bonchev–Trinajstić information content (AvgIpc) is 0.688. The zero-order valence-electron chi connectivity index (χ0n) is 59.1. The zero-order valence-corrected chi connectivity index (χ0v) is 59.1. The van der Waals surface area contributed by atoms with Gasteiger partial charge in [0, 0.05) is 45.0 Å². The molecule has 0 radical (unpaired) electrons. The van der Waals surface area contributed by atoms with Crippen LogP contribution in [0.4, 0.5) is 34.1 Å². The van der Waals surface area contributed by atoms with E-state index in [9.17, 15) is 0 Å². The molecule has 0 saturated heterocycles. The van der Waals surface area contributed by atoms with E-state index in [1.807, 2.05) is 0 Å². The number of fused-ring (bicyclic) bond motifs is 6. The number of nitrogens with zero attached hydrogens (tertiary/aromatic N) is 2. The van der Waals surface area contributed by atoms with E-state index in [0.29, 0.717) is 0 Å². The molecule has 0 N–H and O–H groups in total. The van der Waals surface area contributed by atoms with Gasteiger partial charge in [0.2, 0.25) is 0 Å². The van der Waals surface area contributed by atoms with E-state index >= 15 is 0 Å². The summed E-state index contributed by atoms with van der Waals surface area (Å²) in [4.78, 5) is 5.45. The predicted octanol–water partition coefficient (Wildman–Crippen LogP) is 25.3. The van der Waals surface area contributed by atoms with Gasteiger partial charge in [-0.05, 0) is 192 Å². The maximum atomic E-state index is 2.73. The van der Waals surface area contributed by atoms with Gasteiger partial charge < -0.3 is 9.80 Å². The van der Waals surface area contributed by atoms with Crippen molar-refractivity contribution in [2.45, 2.75) is 78.6 Å². The van der Waals surface area contributed by atoms with Crippen molar-refractivity contribution < 1.29 is 0 Å². The number of hydrogen-bond donors (Lipinski definition) is 0. The van der Waals surface area contributed by atoms with Crippen LogP contribution in [0.3, 0.4) is 0 Å². The summed E-state index contributed by atoms with van der Waals surface area (Å²) in [6.45, 7) is 21.1. The van der Waals surface area contributed by atoms with E-state index < -0.39 is 0 Å². The Morgan fingerprint density at radius 2 is 0.495 bits per heavy atom. The highest BCUT2D eigenvalue weighted by Gasteiger charge is 2.46. The number of benzene rings is 15. The maximum Gasteiger partial charge on any atom is 0.252 e. The Balaban J connectivity index is 1.03. The van der Waals surface area contributed by atoms with Gasteiger partial charge in [0.05, 0.1) is 11.4 Å². The van der Waals surface area contributed by atoms with Crippen LogP contribution in [0.2, 0.25) is 0 Å². The van der Waals surface area contributed by atoms with Crippen LogP contribution in [0.1, 0.15) is 79.0 Å². The van der Waals surface area contributed by atoms with Crippen LogP contribution in [-0.4, -0.2) is 6.71 Å². The molecule has 101 heavy (non-hydrogen) atoms. The molecule has 2 aliphatic rings. The molecule has 0 spiro atoms. The summed E-state index contributed by atoms with van der Waals surface area (Å²) in [7, 11) is 0. The Bertz CT molecular complexity index is 5550. The fourth-order valence-electron chi connectivity index (χ4n) is 16.1. The minimum absolute atomic E-state index is 0.169. The molecule has 15 aromatic carbocycles. The lowest BCUT2D eigenvalue weighted by Crippen LogP contribution is -2.61. The molecule has 2 nitrogen and oxygen atoms in total. The molecule has 2 heterocycles. The van der Waals surface area contributed by atoms with Crippen LogP contribution < -0.4 is 26.2 Å². The van der Waals surface area contributed by atoms with E-state index in [1.54, 1.807) is 0 Å². The van der Waals surface area contributed by atoms with Crippen molar-refractivity contribution >= 4 is 78.8 Å². The van der Waals surface area contributed by atoms with Gasteiger partial charge in [0.1, 0.15) is 0 Å². The van der Waals surface area contributed by atoms with Gasteiger partial charge in [-0.15, -0.1) is 0 Å². The molecule has 0 atom stereocenters. The third-order valence-electron chi connectivity index (χ3n) is 21.3. The maximum absolute atomic E-state index is 2.73. The summed E-state index contributed by atoms with van der Waals surface area (Å²) in [5, 5.41) is 4.92. The van der Waals surface area contributed by atoms with Crippen molar-refractivity contribution in [3.05, 3.63) is 344 Å². The molecule has 0 unspecified atom stereocenters. The highest BCUT2D eigenvalue weighted by atomic mass is 15.2. The van der Waals surface area contributed by atoms with E-state index in [1.165, 1.54) is 133 Å². The van der Waals surface area contributed by atoms with Crippen molar-refractivity contribution in [3.63, 3.8) is 0 Å². The number of anilines is 6. The largest absolute Gasteiger partial charge is 0.310 e. The van der Waals surface area contributed by atoms with Crippen LogP contribution in [0, 0.1) is 0 Å². The molecular formula is C98H81BN2. The molecule has 0 aromatic heterocycles. The third-order valence-corrected chi connectivity index (χ3v) is 21.3. The molecule has 486 valence electrons. The topological polar surface area (TPSA) is 6.48 Å². The van der Waals surface area contributed by atoms with Crippen LogP contribution in [-0.2, 0) is 16.2 Å². The van der Waals surface area contributed by atoms with Crippen molar-refractivity contribution in [1.29, 1.82) is 0 Å². The first kappa shape index (κ1) is 63.0. The quantitative estimate of drug-likeness (QED) is 0.0995. The number of rotatable bonds is 10. The fourth-order valence-corrected chi connectivity index (χ4v) is 16.1. The standard InChI is InChI=1S/C98H81BN2/c1-96(2,3)74-58-80(65-35-19-11-20-36-65)94(81(59-74)66-37-21-12-22-38-66)100-87-56-72(64-33-17-10-18-34-64)50-53-85(87)99-86-54-51-73(71-49-52-79-84(55-71)92(70-45-29-16-30-46-70)78-48-32-31-47-77(78)91(79)69-43-27-15-28-44-69)57-88(86)101(90-63-76(98(7,8)9)62-89(100)93(90)99)95-82(67-39-23-13-24-40-67)60-75(97(4,5)6)61-83(95)68-41-25-14-26-42-68/h10-63H,1-9H3. The zero-order chi connectivity index (χ0) is 68.9. The van der Waals surface area contributed by atoms with E-state index in [4.69, 9.17) is 0 Å².